The second kappa shape index (κ2) is 5.78. The van der Waals surface area contributed by atoms with E-state index in [-0.39, 0.29) is 11.0 Å². The first-order valence-electron chi connectivity index (χ1n) is 7.48. The summed E-state index contributed by atoms with van der Waals surface area (Å²) in [6.07, 6.45) is 1.87. The summed E-state index contributed by atoms with van der Waals surface area (Å²) in [5.41, 5.74) is 2.00. The van der Waals surface area contributed by atoms with Gasteiger partial charge in [0.2, 0.25) is 5.89 Å². The van der Waals surface area contributed by atoms with Gasteiger partial charge in [0.25, 0.3) is 0 Å². The number of aryl methyl sites for hydroxylation is 1. The summed E-state index contributed by atoms with van der Waals surface area (Å²) >= 11 is 1.25. The molecule has 3 aromatic rings. The van der Waals surface area contributed by atoms with Crippen LogP contribution in [0.15, 0.2) is 27.4 Å². The Morgan fingerprint density at radius 2 is 2.35 bits per heavy atom. The zero-order chi connectivity index (χ0) is 15.8. The van der Waals surface area contributed by atoms with Crippen molar-refractivity contribution in [1.29, 1.82) is 0 Å². The van der Waals surface area contributed by atoms with Gasteiger partial charge in [0.15, 0.2) is 0 Å². The lowest BCUT2D eigenvalue weighted by Crippen LogP contribution is -2.06. The van der Waals surface area contributed by atoms with E-state index in [1.54, 1.807) is 11.6 Å². The lowest BCUT2D eigenvalue weighted by molar-refractivity contribution is 0.0897. The Morgan fingerprint density at radius 3 is 3.17 bits per heavy atom. The molecule has 1 N–H and O–H groups in total. The maximum Gasteiger partial charge on any atom is 0.315 e. The van der Waals surface area contributed by atoms with Crippen molar-refractivity contribution in [1.82, 2.24) is 14.8 Å². The van der Waals surface area contributed by atoms with Crippen molar-refractivity contribution in [3.8, 4) is 0 Å². The number of anilines is 1. The maximum atomic E-state index is 11.7. The van der Waals surface area contributed by atoms with Gasteiger partial charge in [-0.1, -0.05) is 22.5 Å². The summed E-state index contributed by atoms with van der Waals surface area (Å²) in [4.78, 5) is 11.7. The van der Waals surface area contributed by atoms with Crippen LogP contribution in [0.1, 0.15) is 30.4 Å². The Kier molecular flexibility index (Phi) is 3.62. The van der Waals surface area contributed by atoms with Crippen LogP contribution in [-0.2, 0) is 18.3 Å². The number of aromatic nitrogens is 3. The number of benzene rings is 1. The Bertz CT molecular complexity index is 892. The number of fused-ring (bicyclic) bond motifs is 1. The predicted octanol–water partition coefficient (Wildman–Crippen LogP) is 2.45. The first kappa shape index (κ1) is 14.4. The third-order valence-electron chi connectivity index (χ3n) is 3.95. The summed E-state index contributed by atoms with van der Waals surface area (Å²) < 4.78 is 13.7. The number of thiazole rings is 1. The lowest BCUT2D eigenvalue weighted by Gasteiger charge is -2.03. The largest absolute Gasteiger partial charge is 0.405 e. The number of ether oxygens (including phenoxy) is 1. The Balaban J connectivity index is 1.47. The van der Waals surface area contributed by atoms with Crippen molar-refractivity contribution >= 4 is 27.6 Å². The molecular weight excluding hydrogens is 316 g/mol. The Hall–Kier alpha value is -2.19. The quantitative estimate of drug-likeness (QED) is 0.790. The molecule has 0 spiro atoms. The highest BCUT2D eigenvalue weighted by Crippen LogP contribution is 2.28. The molecule has 1 saturated heterocycles. The molecule has 1 fully saturated rings. The highest BCUT2D eigenvalue weighted by atomic mass is 32.1. The number of hydrogen-bond donors (Lipinski definition) is 1. The number of nitrogens with zero attached hydrogens (tertiary/aromatic N) is 3. The minimum absolute atomic E-state index is 0.0446. The first-order valence-corrected chi connectivity index (χ1v) is 8.30. The van der Waals surface area contributed by atoms with Gasteiger partial charge in [0, 0.05) is 20.2 Å². The van der Waals surface area contributed by atoms with Crippen LogP contribution in [0.3, 0.4) is 0 Å². The van der Waals surface area contributed by atoms with Gasteiger partial charge in [-0.3, -0.25) is 4.79 Å². The number of hydrogen-bond acceptors (Lipinski definition) is 7. The van der Waals surface area contributed by atoms with Gasteiger partial charge >= 0.3 is 10.9 Å². The monoisotopic (exact) mass is 332 g/mol. The van der Waals surface area contributed by atoms with Crippen LogP contribution in [0.5, 0.6) is 0 Å². The average molecular weight is 332 g/mol. The zero-order valence-corrected chi connectivity index (χ0v) is 13.4. The molecule has 0 saturated carbocycles. The third kappa shape index (κ3) is 2.75. The van der Waals surface area contributed by atoms with E-state index in [1.807, 2.05) is 18.2 Å². The Labute approximate surface area is 135 Å². The van der Waals surface area contributed by atoms with E-state index in [1.165, 1.54) is 11.3 Å². The van der Waals surface area contributed by atoms with Gasteiger partial charge in [0.05, 0.1) is 10.2 Å². The van der Waals surface area contributed by atoms with Crippen molar-refractivity contribution in [2.75, 3.05) is 11.9 Å². The van der Waals surface area contributed by atoms with Crippen LogP contribution >= 0.6 is 11.3 Å². The van der Waals surface area contributed by atoms with E-state index < -0.39 is 0 Å². The van der Waals surface area contributed by atoms with Crippen molar-refractivity contribution in [2.24, 2.45) is 7.05 Å². The summed E-state index contributed by atoms with van der Waals surface area (Å²) in [7, 11) is 1.78. The van der Waals surface area contributed by atoms with Gasteiger partial charge in [-0.2, -0.15) is 0 Å². The molecule has 1 aliphatic rings. The number of nitrogens with one attached hydrogen (secondary N) is 1. The molecule has 0 aliphatic carbocycles. The molecule has 1 unspecified atom stereocenters. The fourth-order valence-electron chi connectivity index (χ4n) is 2.67. The van der Waals surface area contributed by atoms with E-state index in [2.05, 4.69) is 15.5 Å². The van der Waals surface area contributed by atoms with E-state index in [4.69, 9.17) is 9.15 Å². The predicted molar refractivity (Wildman–Crippen MR) is 86.6 cm³/mol. The molecule has 1 aromatic carbocycles. The first-order chi connectivity index (χ1) is 11.2. The summed E-state index contributed by atoms with van der Waals surface area (Å²) in [6.45, 7) is 1.30. The molecule has 1 atom stereocenters. The topological polar surface area (TPSA) is 82.2 Å². The standard InChI is InChI=1S/C15H16N4O3S/c1-19-10-5-4-9(7-12(10)23-15(19)20)8-16-14-18-17-13(22-14)11-3-2-6-21-11/h4-5,7,11H,2-3,6,8H2,1H3,(H,16,18). The van der Waals surface area contributed by atoms with Crippen molar-refractivity contribution < 1.29 is 9.15 Å². The molecular formula is C15H16N4O3S. The minimum Gasteiger partial charge on any atom is -0.405 e. The van der Waals surface area contributed by atoms with Crippen LogP contribution in [0.2, 0.25) is 0 Å². The van der Waals surface area contributed by atoms with Crippen LogP contribution in [0.4, 0.5) is 6.01 Å². The van der Waals surface area contributed by atoms with Gasteiger partial charge in [-0.25, -0.2) is 0 Å². The van der Waals surface area contributed by atoms with Crippen LogP contribution in [-0.4, -0.2) is 21.4 Å². The molecule has 4 rings (SSSR count). The second-order valence-corrected chi connectivity index (χ2v) is 6.52. The van der Waals surface area contributed by atoms with E-state index >= 15 is 0 Å². The number of rotatable bonds is 4. The van der Waals surface area contributed by atoms with Gasteiger partial charge in [0.1, 0.15) is 6.10 Å². The van der Waals surface area contributed by atoms with Crippen LogP contribution in [0, 0.1) is 0 Å². The highest BCUT2D eigenvalue weighted by Gasteiger charge is 2.23. The molecule has 0 bridgehead atoms. The van der Waals surface area contributed by atoms with Gasteiger partial charge in [-0.15, -0.1) is 5.10 Å². The average Bonchev–Trinajstić information content (AvgIpc) is 3.27. The highest BCUT2D eigenvalue weighted by molar-refractivity contribution is 7.16. The van der Waals surface area contributed by atoms with E-state index in [0.717, 1.165) is 35.2 Å². The molecule has 0 amide bonds. The molecule has 8 heteroatoms. The molecule has 1 aliphatic heterocycles. The molecule has 120 valence electrons. The summed E-state index contributed by atoms with van der Waals surface area (Å²) in [5.74, 6) is 0.529. The van der Waals surface area contributed by atoms with Crippen molar-refractivity contribution in [3.05, 3.63) is 39.3 Å². The molecule has 7 nitrogen and oxygen atoms in total. The van der Waals surface area contributed by atoms with Crippen molar-refractivity contribution in [3.63, 3.8) is 0 Å². The fraction of sp³-hybridized carbons (Fsp3) is 0.400. The summed E-state index contributed by atoms with van der Waals surface area (Å²) in [6, 6.07) is 6.33. The van der Waals surface area contributed by atoms with Crippen molar-refractivity contribution in [2.45, 2.75) is 25.5 Å². The molecule has 3 heterocycles. The minimum atomic E-state index is -0.0732. The van der Waals surface area contributed by atoms with Crippen LogP contribution < -0.4 is 10.2 Å². The summed E-state index contributed by atoms with van der Waals surface area (Å²) in [5, 5.41) is 11.1. The maximum absolute atomic E-state index is 11.7. The SMILES string of the molecule is Cn1c(=O)sc2cc(CNc3nnc(C4CCCO4)o3)ccc21. The third-order valence-corrected chi connectivity index (χ3v) is 4.94. The van der Waals surface area contributed by atoms with Gasteiger partial charge in [-0.05, 0) is 30.5 Å². The second-order valence-electron chi connectivity index (χ2n) is 5.53. The Morgan fingerprint density at radius 1 is 1.43 bits per heavy atom. The van der Waals surface area contributed by atoms with E-state index in [9.17, 15) is 4.79 Å². The van der Waals surface area contributed by atoms with Gasteiger partial charge < -0.3 is 19.0 Å². The fourth-order valence-corrected chi connectivity index (χ4v) is 3.62. The van der Waals surface area contributed by atoms with E-state index in [0.29, 0.717) is 18.5 Å². The smallest absolute Gasteiger partial charge is 0.315 e. The normalized spacial score (nSPS) is 17.9. The molecule has 0 radical (unpaired) electrons. The zero-order valence-electron chi connectivity index (χ0n) is 12.6. The molecule has 23 heavy (non-hydrogen) atoms. The lowest BCUT2D eigenvalue weighted by atomic mass is 10.2. The van der Waals surface area contributed by atoms with Crippen LogP contribution in [0.25, 0.3) is 10.2 Å². The molecule has 2 aromatic heterocycles.